The van der Waals surface area contributed by atoms with Gasteiger partial charge in [0, 0.05) is 12.5 Å². The van der Waals surface area contributed by atoms with E-state index in [2.05, 4.69) is 15.1 Å². The van der Waals surface area contributed by atoms with E-state index < -0.39 is 0 Å². The van der Waals surface area contributed by atoms with Crippen LogP contribution in [-0.2, 0) is 0 Å². The van der Waals surface area contributed by atoms with E-state index in [1.807, 2.05) is 6.26 Å². The molecule has 0 radical (unpaired) electrons. The van der Waals surface area contributed by atoms with Gasteiger partial charge in [0.05, 0.1) is 11.6 Å². The molecule has 0 fully saturated rings. The average Bonchev–Trinajstić information content (AvgIpc) is 2.19. The van der Waals surface area contributed by atoms with Crippen LogP contribution in [0.25, 0.3) is 11.0 Å². The maximum atomic E-state index is 11.3. The van der Waals surface area contributed by atoms with E-state index in [0.717, 1.165) is 0 Å². The van der Waals surface area contributed by atoms with Gasteiger partial charge in [0.25, 0.3) is 0 Å². The summed E-state index contributed by atoms with van der Waals surface area (Å²) in [5.41, 5.74) is 0.399. The largest absolute Gasteiger partial charge is 0.287 e. The first-order chi connectivity index (χ1) is 6.33. The summed E-state index contributed by atoms with van der Waals surface area (Å²) < 4.78 is 1.58. The lowest BCUT2D eigenvalue weighted by Gasteiger charge is -2.01. The molecule has 2 heterocycles. The average molecular weight is 194 g/mol. The van der Waals surface area contributed by atoms with Crippen molar-refractivity contribution in [1.82, 2.24) is 19.2 Å². The van der Waals surface area contributed by atoms with Crippen molar-refractivity contribution in [1.29, 1.82) is 0 Å². The van der Waals surface area contributed by atoms with Crippen molar-refractivity contribution in [2.45, 2.75) is 0 Å². The van der Waals surface area contributed by atoms with Crippen molar-refractivity contribution in [2.24, 2.45) is 0 Å². The summed E-state index contributed by atoms with van der Waals surface area (Å²) in [6.07, 6.45) is 6.02. The van der Waals surface area contributed by atoms with Gasteiger partial charge in [-0.3, -0.25) is 4.79 Å². The van der Waals surface area contributed by atoms with Gasteiger partial charge in [0.15, 0.2) is 5.65 Å². The summed E-state index contributed by atoms with van der Waals surface area (Å²) in [5.74, 6) is 0. The Balaban J connectivity index is 2.93. The Morgan fingerprint density at radius 2 is 2.31 bits per heavy atom. The maximum Gasteiger partial charge on any atom is 0.211 e. The molecule has 6 heteroatoms. The molecule has 0 aliphatic rings. The van der Waals surface area contributed by atoms with Gasteiger partial charge in [-0.1, -0.05) is 0 Å². The van der Waals surface area contributed by atoms with Gasteiger partial charge >= 0.3 is 0 Å². The predicted molar refractivity (Wildman–Crippen MR) is 50.5 cm³/mol. The summed E-state index contributed by atoms with van der Waals surface area (Å²) in [7, 11) is 0. The Morgan fingerprint density at radius 3 is 3.08 bits per heavy atom. The Morgan fingerprint density at radius 1 is 1.46 bits per heavy atom. The van der Waals surface area contributed by atoms with Crippen molar-refractivity contribution in [3.05, 3.63) is 28.9 Å². The number of nitrogens with zero attached hydrogens (tertiary/aromatic N) is 4. The molecule has 0 aromatic carbocycles. The fourth-order valence-corrected chi connectivity index (χ4v) is 1.47. The Labute approximate surface area is 78.0 Å². The van der Waals surface area contributed by atoms with Gasteiger partial charge in [0.1, 0.15) is 6.33 Å². The molecule has 0 bridgehead atoms. The Hall–Kier alpha value is -1.43. The molecule has 0 unspecified atom stereocenters. The van der Waals surface area contributed by atoms with Crippen LogP contribution in [0.15, 0.2) is 23.5 Å². The third kappa shape index (κ3) is 1.29. The highest BCUT2D eigenvalue weighted by atomic mass is 32.2. The minimum absolute atomic E-state index is 0.152. The molecular weight excluding hydrogens is 188 g/mol. The van der Waals surface area contributed by atoms with Crippen molar-refractivity contribution in [2.75, 3.05) is 6.26 Å². The van der Waals surface area contributed by atoms with Gasteiger partial charge in [-0.15, -0.1) is 0 Å². The van der Waals surface area contributed by atoms with Crippen LogP contribution < -0.4 is 5.43 Å². The van der Waals surface area contributed by atoms with E-state index in [4.69, 9.17) is 0 Å². The molecule has 66 valence electrons. The summed E-state index contributed by atoms with van der Waals surface area (Å²) >= 11 is 1.38. The van der Waals surface area contributed by atoms with Gasteiger partial charge in [-0.25, -0.2) is 9.97 Å². The normalized spacial score (nSPS) is 10.5. The van der Waals surface area contributed by atoms with Crippen LogP contribution in [0, 0.1) is 0 Å². The first-order valence-electron chi connectivity index (χ1n) is 3.55. The minimum atomic E-state index is -0.152. The molecule has 0 spiro atoms. The minimum Gasteiger partial charge on any atom is -0.287 e. The number of fused-ring (bicyclic) bond motifs is 1. The Bertz CT molecular complexity index is 495. The number of hydrogen-bond acceptors (Lipinski definition) is 5. The van der Waals surface area contributed by atoms with Crippen LogP contribution in [-0.4, -0.2) is 25.4 Å². The zero-order valence-electron chi connectivity index (χ0n) is 6.84. The van der Waals surface area contributed by atoms with Crippen molar-refractivity contribution >= 4 is 23.0 Å². The third-order valence-electron chi connectivity index (χ3n) is 1.59. The zero-order chi connectivity index (χ0) is 9.26. The number of aromatic nitrogens is 4. The molecule has 13 heavy (non-hydrogen) atoms. The van der Waals surface area contributed by atoms with Crippen LogP contribution in [0.5, 0.6) is 0 Å². The molecule has 2 rings (SSSR count). The molecule has 0 saturated heterocycles. The third-order valence-corrected chi connectivity index (χ3v) is 2.20. The Kier molecular flexibility index (Phi) is 1.97. The van der Waals surface area contributed by atoms with Crippen molar-refractivity contribution < 1.29 is 0 Å². The zero-order valence-corrected chi connectivity index (χ0v) is 7.65. The van der Waals surface area contributed by atoms with Crippen LogP contribution >= 0.6 is 11.9 Å². The lowest BCUT2D eigenvalue weighted by atomic mass is 10.4. The van der Waals surface area contributed by atoms with Crippen molar-refractivity contribution in [3.63, 3.8) is 0 Å². The molecule has 5 nitrogen and oxygen atoms in total. The number of rotatable bonds is 1. The second-order valence-electron chi connectivity index (χ2n) is 2.32. The van der Waals surface area contributed by atoms with Gasteiger partial charge < -0.3 is 0 Å². The summed E-state index contributed by atoms with van der Waals surface area (Å²) in [5, 5.41) is 4.39. The SMILES string of the molecule is CSn1ncc(=O)c2cncnc21. The fraction of sp³-hybridized carbons (Fsp3) is 0.143. The smallest absolute Gasteiger partial charge is 0.211 e. The van der Waals surface area contributed by atoms with Crippen LogP contribution in [0.2, 0.25) is 0 Å². The number of hydrogen-bond donors (Lipinski definition) is 0. The van der Waals surface area contributed by atoms with Crippen LogP contribution in [0.3, 0.4) is 0 Å². The summed E-state index contributed by atoms with van der Waals surface area (Å²) in [4.78, 5) is 19.1. The quantitative estimate of drug-likeness (QED) is 0.654. The van der Waals surface area contributed by atoms with Crippen LogP contribution in [0.1, 0.15) is 0 Å². The molecule has 0 amide bonds. The van der Waals surface area contributed by atoms with Gasteiger partial charge in [-0.05, 0) is 11.9 Å². The van der Waals surface area contributed by atoms with E-state index in [0.29, 0.717) is 11.0 Å². The highest BCUT2D eigenvalue weighted by molar-refractivity contribution is 7.97. The topological polar surface area (TPSA) is 60.7 Å². The highest BCUT2D eigenvalue weighted by Crippen LogP contribution is 2.07. The molecule has 2 aromatic heterocycles. The van der Waals surface area contributed by atoms with E-state index in [9.17, 15) is 4.79 Å². The first-order valence-corrected chi connectivity index (χ1v) is 4.73. The summed E-state index contributed by atoms with van der Waals surface area (Å²) in [6.45, 7) is 0. The second-order valence-corrected chi connectivity index (χ2v) is 3.04. The molecule has 0 atom stereocenters. The summed E-state index contributed by atoms with van der Waals surface area (Å²) in [6, 6.07) is 0. The van der Waals surface area contributed by atoms with E-state index >= 15 is 0 Å². The van der Waals surface area contributed by atoms with Crippen molar-refractivity contribution in [3.8, 4) is 0 Å². The highest BCUT2D eigenvalue weighted by Gasteiger charge is 2.03. The molecule has 0 saturated carbocycles. The van der Waals surface area contributed by atoms with Gasteiger partial charge in [0.2, 0.25) is 5.43 Å². The monoisotopic (exact) mass is 194 g/mol. The fourth-order valence-electron chi connectivity index (χ4n) is 1.01. The molecule has 0 aliphatic carbocycles. The molecule has 0 aliphatic heterocycles. The van der Waals surface area contributed by atoms with E-state index in [1.54, 1.807) is 4.09 Å². The molecular formula is C7H6N4OS. The lowest BCUT2D eigenvalue weighted by molar-refractivity contribution is 0.968. The van der Waals surface area contributed by atoms with E-state index in [-0.39, 0.29) is 5.43 Å². The van der Waals surface area contributed by atoms with Crippen LogP contribution in [0.4, 0.5) is 0 Å². The molecule has 2 aromatic rings. The first kappa shape index (κ1) is 8.18. The second kappa shape index (κ2) is 3.14. The lowest BCUT2D eigenvalue weighted by Crippen LogP contribution is -2.09. The molecule has 0 N–H and O–H groups in total. The maximum absolute atomic E-state index is 11.3. The van der Waals surface area contributed by atoms with E-state index in [1.165, 1.54) is 30.7 Å². The standard InChI is InChI=1S/C7H6N4OS/c1-13-11-7-5(2-8-4-9-7)6(12)3-10-11/h2-4H,1H3. The van der Waals surface area contributed by atoms with Gasteiger partial charge in [-0.2, -0.15) is 9.19 Å². The predicted octanol–water partition coefficient (Wildman–Crippen LogP) is 0.313.